The Hall–Kier alpha value is -3.34. The number of rotatable bonds is 10. The monoisotopic (exact) mass is 460 g/mol. The molecule has 0 saturated carbocycles. The lowest BCUT2D eigenvalue weighted by molar-refractivity contribution is -0.146. The van der Waals surface area contributed by atoms with Crippen LogP contribution in [-0.4, -0.2) is 40.2 Å². The Kier molecular flexibility index (Phi) is 8.69. The van der Waals surface area contributed by atoms with E-state index in [2.05, 4.69) is 12.1 Å². The molecular formula is C29H36N2O3. The Labute approximate surface area is 203 Å². The van der Waals surface area contributed by atoms with E-state index in [0.29, 0.717) is 19.5 Å². The Bertz CT molecular complexity index is 1020. The first-order chi connectivity index (χ1) is 16.3. The highest BCUT2D eigenvalue weighted by Gasteiger charge is 2.34. The summed E-state index contributed by atoms with van der Waals surface area (Å²) in [6.07, 6.45) is 3.03. The molecule has 180 valence electrons. The molecule has 34 heavy (non-hydrogen) atoms. The molecule has 0 aliphatic rings. The maximum absolute atomic E-state index is 13.7. The maximum Gasteiger partial charge on any atom is 0.242 e. The van der Waals surface area contributed by atoms with Gasteiger partial charge in [-0.1, -0.05) is 67.6 Å². The largest absolute Gasteiger partial charge is 0.467 e. The first-order valence-electron chi connectivity index (χ1n) is 12.0. The molecule has 0 spiro atoms. The minimum Gasteiger partial charge on any atom is -0.467 e. The van der Waals surface area contributed by atoms with Gasteiger partial charge in [0.25, 0.3) is 0 Å². The van der Waals surface area contributed by atoms with Gasteiger partial charge in [0.1, 0.15) is 12.3 Å². The summed E-state index contributed by atoms with van der Waals surface area (Å²) in [6.45, 7) is 8.92. The Morgan fingerprint density at radius 1 is 0.912 bits per heavy atom. The van der Waals surface area contributed by atoms with Gasteiger partial charge in [-0.2, -0.15) is 0 Å². The molecule has 5 nitrogen and oxygen atoms in total. The number of hydrogen-bond acceptors (Lipinski definition) is 3. The van der Waals surface area contributed by atoms with Gasteiger partial charge in [0.2, 0.25) is 11.8 Å². The van der Waals surface area contributed by atoms with Crippen LogP contribution < -0.4 is 0 Å². The van der Waals surface area contributed by atoms with Crippen molar-refractivity contribution >= 4 is 11.8 Å². The van der Waals surface area contributed by atoms with Crippen molar-refractivity contribution in [1.82, 2.24) is 9.80 Å². The first kappa shape index (κ1) is 25.3. The second-order valence-corrected chi connectivity index (χ2v) is 9.60. The summed E-state index contributed by atoms with van der Waals surface area (Å²) >= 11 is 0. The van der Waals surface area contributed by atoms with Gasteiger partial charge >= 0.3 is 0 Å². The van der Waals surface area contributed by atoms with Crippen LogP contribution in [0.4, 0.5) is 0 Å². The number of amides is 2. The van der Waals surface area contributed by atoms with Crippen molar-refractivity contribution in [2.75, 3.05) is 13.1 Å². The third kappa shape index (κ3) is 6.83. The van der Waals surface area contributed by atoms with Gasteiger partial charge in [-0.05, 0) is 56.9 Å². The summed E-state index contributed by atoms with van der Waals surface area (Å²) in [6, 6.07) is 23.6. The minimum absolute atomic E-state index is 0.0180. The normalized spacial score (nSPS) is 12.2. The molecule has 5 heteroatoms. The molecule has 1 unspecified atom stereocenters. The highest BCUT2D eigenvalue weighted by atomic mass is 16.3. The molecular weight excluding hydrogens is 424 g/mol. The van der Waals surface area contributed by atoms with Crippen molar-refractivity contribution < 1.29 is 14.0 Å². The summed E-state index contributed by atoms with van der Waals surface area (Å²) in [7, 11) is 0. The number of carbonyl (C=O) groups is 2. The average Bonchev–Trinajstić information content (AvgIpc) is 3.34. The highest BCUT2D eigenvalue weighted by molar-refractivity contribution is 5.89. The van der Waals surface area contributed by atoms with Crippen LogP contribution in [0.3, 0.4) is 0 Å². The highest BCUT2D eigenvalue weighted by Crippen LogP contribution is 2.26. The molecule has 0 saturated heterocycles. The van der Waals surface area contributed by atoms with E-state index in [-0.39, 0.29) is 24.3 Å². The van der Waals surface area contributed by atoms with Gasteiger partial charge in [-0.15, -0.1) is 0 Å². The van der Waals surface area contributed by atoms with E-state index in [1.165, 1.54) is 5.56 Å². The summed E-state index contributed by atoms with van der Waals surface area (Å²) < 4.78 is 5.52. The zero-order valence-electron chi connectivity index (χ0n) is 20.7. The van der Waals surface area contributed by atoms with Gasteiger partial charge in [0.05, 0.1) is 18.7 Å². The van der Waals surface area contributed by atoms with Crippen LogP contribution in [0.15, 0.2) is 83.5 Å². The molecule has 0 aliphatic carbocycles. The van der Waals surface area contributed by atoms with Crippen molar-refractivity contribution in [3.8, 4) is 0 Å². The molecule has 3 aromatic rings. The average molecular weight is 461 g/mol. The smallest absolute Gasteiger partial charge is 0.242 e. The van der Waals surface area contributed by atoms with Crippen LogP contribution in [-0.2, 0) is 22.6 Å². The van der Waals surface area contributed by atoms with Crippen molar-refractivity contribution in [3.63, 3.8) is 0 Å². The third-order valence-electron chi connectivity index (χ3n) is 6.07. The molecule has 0 bridgehead atoms. The fourth-order valence-electron chi connectivity index (χ4n) is 4.10. The van der Waals surface area contributed by atoms with Crippen molar-refractivity contribution in [2.24, 2.45) is 0 Å². The quantitative estimate of drug-likeness (QED) is 0.392. The van der Waals surface area contributed by atoms with Gasteiger partial charge in [-0.25, -0.2) is 0 Å². The molecule has 1 heterocycles. The molecule has 1 aromatic heterocycles. The Morgan fingerprint density at radius 2 is 1.56 bits per heavy atom. The summed E-state index contributed by atoms with van der Waals surface area (Å²) in [4.78, 5) is 30.8. The lowest BCUT2D eigenvalue weighted by Gasteiger charge is -2.38. The zero-order chi connectivity index (χ0) is 24.6. The summed E-state index contributed by atoms with van der Waals surface area (Å²) in [5.41, 5.74) is 1.65. The number of hydrogen-bond donors (Lipinski definition) is 0. The predicted molar refractivity (Wildman–Crippen MR) is 135 cm³/mol. The number of carbonyl (C=O) groups excluding carboxylic acids is 2. The van der Waals surface area contributed by atoms with Crippen molar-refractivity contribution in [2.45, 2.75) is 58.5 Å². The van der Waals surface area contributed by atoms with Crippen LogP contribution in [0.1, 0.15) is 56.9 Å². The first-order valence-corrected chi connectivity index (χ1v) is 12.0. The summed E-state index contributed by atoms with van der Waals surface area (Å²) in [5, 5.41) is 0. The van der Waals surface area contributed by atoms with E-state index in [1.54, 1.807) is 16.1 Å². The molecule has 2 amide bonds. The van der Waals surface area contributed by atoms with Crippen molar-refractivity contribution in [3.05, 3.63) is 95.9 Å². The minimum atomic E-state index is -0.495. The van der Waals surface area contributed by atoms with Gasteiger partial charge in [-0.3, -0.25) is 9.59 Å². The van der Waals surface area contributed by atoms with E-state index in [1.807, 2.05) is 88.4 Å². The van der Waals surface area contributed by atoms with E-state index in [9.17, 15) is 9.59 Å². The molecule has 0 fully saturated rings. The Balaban J connectivity index is 1.80. The maximum atomic E-state index is 13.7. The molecule has 0 N–H and O–H groups in total. The molecule has 2 aromatic carbocycles. The fourth-order valence-corrected chi connectivity index (χ4v) is 4.10. The third-order valence-corrected chi connectivity index (χ3v) is 6.07. The van der Waals surface area contributed by atoms with E-state index >= 15 is 0 Å². The SMILES string of the molecule is CCC(C(=O)N(CC(=O)N(CCc1ccccc1)Cc1ccco1)C(C)(C)C)c1ccccc1. The van der Waals surface area contributed by atoms with Crippen LogP contribution in [0.5, 0.6) is 0 Å². The van der Waals surface area contributed by atoms with Gasteiger partial charge < -0.3 is 14.2 Å². The fraction of sp³-hybridized carbons (Fsp3) is 0.379. The lowest BCUT2D eigenvalue weighted by Crippen LogP contribution is -2.52. The van der Waals surface area contributed by atoms with Crippen LogP contribution in [0.2, 0.25) is 0 Å². The van der Waals surface area contributed by atoms with Crippen LogP contribution in [0, 0.1) is 0 Å². The van der Waals surface area contributed by atoms with Gasteiger partial charge in [0, 0.05) is 12.1 Å². The van der Waals surface area contributed by atoms with E-state index in [4.69, 9.17) is 4.42 Å². The number of furan rings is 1. The lowest BCUT2D eigenvalue weighted by atomic mass is 9.92. The van der Waals surface area contributed by atoms with Crippen LogP contribution in [0.25, 0.3) is 0 Å². The predicted octanol–water partition coefficient (Wildman–Crippen LogP) is 5.67. The second kappa shape index (κ2) is 11.7. The van der Waals surface area contributed by atoms with Crippen LogP contribution >= 0.6 is 0 Å². The zero-order valence-corrected chi connectivity index (χ0v) is 20.7. The Morgan fingerprint density at radius 3 is 2.12 bits per heavy atom. The number of benzene rings is 2. The topological polar surface area (TPSA) is 53.8 Å². The number of nitrogens with zero attached hydrogens (tertiary/aromatic N) is 2. The molecule has 0 aliphatic heterocycles. The molecule has 3 rings (SSSR count). The van der Waals surface area contributed by atoms with Gasteiger partial charge in [0.15, 0.2) is 0 Å². The van der Waals surface area contributed by atoms with E-state index < -0.39 is 5.54 Å². The molecule has 0 radical (unpaired) electrons. The molecule has 1 atom stereocenters. The standard InChI is InChI=1S/C29H36N2O3/c1-5-26(24-15-10-7-11-16-24)28(33)31(29(2,3)4)22-27(32)30(21-25-17-12-20-34-25)19-18-23-13-8-6-9-14-23/h6-17,20,26H,5,18-19,21-22H2,1-4H3. The second-order valence-electron chi connectivity index (χ2n) is 9.60. The summed E-state index contributed by atoms with van der Waals surface area (Å²) in [5.74, 6) is 0.343. The van der Waals surface area contributed by atoms with Crippen molar-refractivity contribution in [1.29, 1.82) is 0 Å². The van der Waals surface area contributed by atoms with E-state index in [0.717, 1.165) is 17.7 Å².